The summed E-state index contributed by atoms with van der Waals surface area (Å²) in [4.78, 5) is 24.7. The number of methoxy groups -OCH3 is 1. The predicted octanol–water partition coefficient (Wildman–Crippen LogP) is 3.73. The van der Waals surface area contributed by atoms with Crippen molar-refractivity contribution < 1.29 is 19.4 Å². The normalized spacial score (nSPS) is 10.6. The molecule has 0 spiro atoms. The molecule has 0 saturated carbocycles. The minimum absolute atomic E-state index is 0.00890. The largest absolute Gasteiger partial charge is 0.507 e. The molecule has 3 N–H and O–H groups in total. The smallest absolute Gasteiger partial charge is 0.271 e. The average molecular weight is 403 g/mol. The van der Waals surface area contributed by atoms with Crippen LogP contribution >= 0.6 is 0 Å². The molecule has 0 saturated heterocycles. The molecule has 152 valence electrons. The third-order valence-electron chi connectivity index (χ3n) is 4.30. The van der Waals surface area contributed by atoms with Crippen molar-refractivity contribution in [2.24, 2.45) is 5.10 Å². The van der Waals surface area contributed by atoms with Crippen molar-refractivity contribution in [1.82, 2.24) is 5.43 Å². The summed E-state index contributed by atoms with van der Waals surface area (Å²) < 4.78 is 5.09. The fourth-order valence-electron chi connectivity index (χ4n) is 2.63. The van der Waals surface area contributed by atoms with Crippen molar-refractivity contribution in [1.29, 1.82) is 0 Å². The van der Waals surface area contributed by atoms with Gasteiger partial charge in [0.05, 0.1) is 13.3 Å². The summed E-state index contributed by atoms with van der Waals surface area (Å²) in [6.07, 6.45) is 1.32. The monoisotopic (exact) mass is 403 g/mol. The highest BCUT2D eigenvalue weighted by Gasteiger charge is 2.09. The first-order chi connectivity index (χ1) is 14.5. The Kier molecular flexibility index (Phi) is 6.44. The van der Waals surface area contributed by atoms with E-state index >= 15 is 0 Å². The Morgan fingerprint density at radius 3 is 2.47 bits per heavy atom. The molecule has 3 aromatic rings. The lowest BCUT2D eigenvalue weighted by molar-refractivity contribution is 0.0953. The number of anilines is 1. The van der Waals surface area contributed by atoms with Gasteiger partial charge in [0, 0.05) is 22.4 Å². The molecule has 7 nitrogen and oxygen atoms in total. The highest BCUT2D eigenvalue weighted by molar-refractivity contribution is 6.05. The maximum atomic E-state index is 12.4. The summed E-state index contributed by atoms with van der Waals surface area (Å²) >= 11 is 0. The zero-order valence-corrected chi connectivity index (χ0v) is 16.5. The molecule has 2 amide bonds. The van der Waals surface area contributed by atoms with E-state index in [2.05, 4.69) is 15.8 Å². The van der Waals surface area contributed by atoms with Gasteiger partial charge in [-0.2, -0.15) is 5.10 Å². The molecule has 0 unspecified atom stereocenters. The third-order valence-corrected chi connectivity index (χ3v) is 4.30. The lowest BCUT2D eigenvalue weighted by atomic mass is 10.1. The van der Waals surface area contributed by atoms with Gasteiger partial charge in [0.15, 0.2) is 0 Å². The van der Waals surface area contributed by atoms with E-state index in [9.17, 15) is 14.7 Å². The van der Waals surface area contributed by atoms with Crippen molar-refractivity contribution in [3.05, 3.63) is 89.0 Å². The number of phenolic OH excluding ortho intramolecular Hbond substituents is 1. The number of benzene rings is 3. The van der Waals surface area contributed by atoms with E-state index in [4.69, 9.17) is 4.74 Å². The number of ether oxygens (including phenoxy) is 1. The van der Waals surface area contributed by atoms with Gasteiger partial charge in [0.1, 0.15) is 11.5 Å². The zero-order valence-electron chi connectivity index (χ0n) is 16.5. The van der Waals surface area contributed by atoms with Gasteiger partial charge in [-0.25, -0.2) is 5.43 Å². The highest BCUT2D eigenvalue weighted by atomic mass is 16.5. The number of phenols is 1. The number of aromatic hydroxyl groups is 1. The van der Waals surface area contributed by atoms with Crippen LogP contribution in [0.4, 0.5) is 5.69 Å². The minimum Gasteiger partial charge on any atom is -0.507 e. The number of hydrogen-bond acceptors (Lipinski definition) is 5. The number of hydrogen-bond donors (Lipinski definition) is 3. The van der Waals surface area contributed by atoms with Gasteiger partial charge >= 0.3 is 0 Å². The van der Waals surface area contributed by atoms with E-state index < -0.39 is 5.91 Å². The van der Waals surface area contributed by atoms with Crippen LogP contribution in [0.3, 0.4) is 0 Å². The van der Waals surface area contributed by atoms with Crippen LogP contribution in [0.2, 0.25) is 0 Å². The molecule has 0 aliphatic heterocycles. The first-order valence-electron chi connectivity index (χ1n) is 9.15. The molecular weight excluding hydrogens is 382 g/mol. The summed E-state index contributed by atoms with van der Waals surface area (Å²) in [6, 6.07) is 18.4. The number of amides is 2. The van der Waals surface area contributed by atoms with E-state index in [1.54, 1.807) is 48.5 Å². The Balaban J connectivity index is 1.66. The third kappa shape index (κ3) is 5.23. The van der Waals surface area contributed by atoms with Gasteiger partial charge in [0.2, 0.25) is 0 Å². The van der Waals surface area contributed by atoms with Gasteiger partial charge in [-0.3, -0.25) is 9.59 Å². The van der Waals surface area contributed by atoms with Crippen LogP contribution in [0, 0.1) is 6.92 Å². The van der Waals surface area contributed by atoms with E-state index in [1.165, 1.54) is 19.4 Å². The molecule has 0 atom stereocenters. The number of carbonyl (C=O) groups excluding carboxylic acids is 2. The van der Waals surface area contributed by atoms with Crippen molar-refractivity contribution in [3.63, 3.8) is 0 Å². The van der Waals surface area contributed by atoms with Gasteiger partial charge in [-0.05, 0) is 55.5 Å². The van der Waals surface area contributed by atoms with Crippen LogP contribution in [0.5, 0.6) is 11.5 Å². The number of nitrogens with zero attached hydrogens (tertiary/aromatic N) is 1. The molecule has 0 aliphatic carbocycles. The minimum atomic E-state index is -0.458. The van der Waals surface area contributed by atoms with Crippen LogP contribution in [-0.2, 0) is 0 Å². The molecule has 0 bridgehead atoms. The zero-order chi connectivity index (χ0) is 21.5. The Hall–Kier alpha value is -4.13. The van der Waals surface area contributed by atoms with Crippen LogP contribution in [0.1, 0.15) is 31.8 Å². The van der Waals surface area contributed by atoms with Crippen molar-refractivity contribution >= 4 is 23.7 Å². The molecular formula is C23H21N3O4. The van der Waals surface area contributed by atoms with E-state index in [0.717, 1.165) is 5.56 Å². The van der Waals surface area contributed by atoms with Crippen molar-refractivity contribution in [2.45, 2.75) is 6.92 Å². The SMILES string of the molecule is COc1ccc(O)c(/C=N\NC(=O)c2cccc(NC(=O)c3ccc(C)cc3)c2)c1. The van der Waals surface area contributed by atoms with Crippen LogP contribution < -0.4 is 15.5 Å². The maximum absolute atomic E-state index is 12.4. The molecule has 0 aromatic heterocycles. The van der Waals surface area contributed by atoms with Gasteiger partial charge in [-0.15, -0.1) is 0 Å². The molecule has 0 fully saturated rings. The van der Waals surface area contributed by atoms with E-state index in [-0.39, 0.29) is 11.7 Å². The first kappa shape index (κ1) is 20.6. The number of nitrogens with one attached hydrogen (secondary N) is 2. The number of rotatable bonds is 6. The molecule has 0 radical (unpaired) electrons. The summed E-state index contributed by atoms with van der Waals surface area (Å²) in [5.74, 6) is -0.161. The average Bonchev–Trinajstić information content (AvgIpc) is 2.75. The lowest BCUT2D eigenvalue weighted by Gasteiger charge is -2.07. The maximum Gasteiger partial charge on any atom is 0.271 e. The van der Waals surface area contributed by atoms with Gasteiger partial charge in [0.25, 0.3) is 11.8 Å². The van der Waals surface area contributed by atoms with Crippen LogP contribution in [0.25, 0.3) is 0 Å². The second-order valence-corrected chi connectivity index (χ2v) is 6.52. The van der Waals surface area contributed by atoms with Crippen molar-refractivity contribution in [3.8, 4) is 11.5 Å². The van der Waals surface area contributed by atoms with Crippen molar-refractivity contribution in [2.75, 3.05) is 12.4 Å². The predicted molar refractivity (Wildman–Crippen MR) is 115 cm³/mol. The van der Waals surface area contributed by atoms with Gasteiger partial charge < -0.3 is 15.2 Å². The second-order valence-electron chi connectivity index (χ2n) is 6.52. The topological polar surface area (TPSA) is 100 Å². The van der Waals surface area contributed by atoms with Crippen LogP contribution in [-0.4, -0.2) is 30.2 Å². The summed E-state index contributed by atoms with van der Waals surface area (Å²) in [6.45, 7) is 1.95. The Morgan fingerprint density at radius 2 is 1.73 bits per heavy atom. The number of carbonyl (C=O) groups is 2. The number of aryl methyl sites for hydroxylation is 1. The molecule has 0 aliphatic rings. The van der Waals surface area contributed by atoms with Gasteiger partial charge in [-0.1, -0.05) is 23.8 Å². The lowest BCUT2D eigenvalue weighted by Crippen LogP contribution is -2.18. The molecule has 7 heteroatoms. The van der Waals surface area contributed by atoms with E-state index in [0.29, 0.717) is 28.1 Å². The molecule has 0 heterocycles. The van der Waals surface area contributed by atoms with E-state index in [1.807, 2.05) is 19.1 Å². The standard InChI is InChI=1S/C23H21N3O4/c1-15-6-8-16(9-7-15)22(28)25-19-5-3-4-17(12-19)23(29)26-24-14-18-13-20(30-2)10-11-21(18)27/h3-14,27H,1-2H3,(H,25,28)(H,26,29)/b24-14-. The summed E-state index contributed by atoms with van der Waals surface area (Å²) in [5, 5.41) is 16.5. The van der Waals surface area contributed by atoms with Crippen LogP contribution in [0.15, 0.2) is 71.8 Å². The second kappa shape index (κ2) is 9.38. The number of hydrazone groups is 1. The summed E-state index contributed by atoms with van der Waals surface area (Å²) in [7, 11) is 1.51. The molecule has 3 aromatic carbocycles. The Morgan fingerprint density at radius 1 is 0.967 bits per heavy atom. The molecule has 3 rings (SSSR count). The Bertz CT molecular complexity index is 1090. The Labute approximate surface area is 174 Å². The quantitative estimate of drug-likeness (QED) is 0.431. The first-order valence-corrected chi connectivity index (χ1v) is 9.15. The molecule has 30 heavy (non-hydrogen) atoms. The fraction of sp³-hybridized carbons (Fsp3) is 0.0870. The summed E-state index contributed by atoms with van der Waals surface area (Å²) in [5.41, 5.74) is 5.19. The fourth-order valence-corrected chi connectivity index (χ4v) is 2.63. The highest BCUT2D eigenvalue weighted by Crippen LogP contribution is 2.21.